The SMILES string of the molecule is CCc1nn(C)cc1-n1c(-c2cccnc2)n[nH]c1=S. The Morgan fingerprint density at radius 3 is 2.95 bits per heavy atom. The van der Waals surface area contributed by atoms with Gasteiger partial charge >= 0.3 is 0 Å². The second kappa shape index (κ2) is 5.01. The molecular formula is C13H14N6S. The molecule has 0 bridgehead atoms. The Labute approximate surface area is 121 Å². The maximum absolute atomic E-state index is 5.36. The second-order valence-corrected chi connectivity index (χ2v) is 4.80. The van der Waals surface area contributed by atoms with Gasteiger partial charge < -0.3 is 0 Å². The fourth-order valence-electron chi connectivity index (χ4n) is 2.17. The molecule has 3 heterocycles. The summed E-state index contributed by atoms with van der Waals surface area (Å²) in [6, 6.07) is 3.83. The molecule has 102 valence electrons. The maximum Gasteiger partial charge on any atom is 0.200 e. The van der Waals surface area contributed by atoms with E-state index >= 15 is 0 Å². The molecule has 0 spiro atoms. The average molecular weight is 286 g/mol. The highest BCUT2D eigenvalue weighted by atomic mass is 32.1. The van der Waals surface area contributed by atoms with E-state index < -0.39 is 0 Å². The van der Waals surface area contributed by atoms with E-state index in [0.29, 0.717) is 4.77 Å². The van der Waals surface area contributed by atoms with Crippen LogP contribution in [0.5, 0.6) is 0 Å². The van der Waals surface area contributed by atoms with Gasteiger partial charge in [0, 0.05) is 31.2 Å². The number of rotatable bonds is 3. The van der Waals surface area contributed by atoms with Crippen molar-refractivity contribution in [3.8, 4) is 17.1 Å². The summed E-state index contributed by atoms with van der Waals surface area (Å²) >= 11 is 5.36. The van der Waals surface area contributed by atoms with E-state index in [0.717, 1.165) is 29.2 Å². The van der Waals surface area contributed by atoms with Crippen molar-refractivity contribution < 1.29 is 0 Å². The van der Waals surface area contributed by atoms with E-state index in [-0.39, 0.29) is 0 Å². The first-order chi connectivity index (χ1) is 9.70. The normalized spacial score (nSPS) is 10.9. The first-order valence-corrected chi connectivity index (χ1v) is 6.72. The Kier molecular flexibility index (Phi) is 3.19. The number of aryl methyl sites for hydroxylation is 2. The standard InChI is InChI=1S/C13H14N6S/c1-3-10-11(8-18(2)17-10)19-12(15-16-13(19)20)9-5-4-6-14-7-9/h4-8H,3H2,1-2H3,(H,16,20). The Bertz CT molecular complexity index is 783. The molecule has 1 N–H and O–H groups in total. The van der Waals surface area contributed by atoms with Gasteiger partial charge in [0.25, 0.3) is 0 Å². The predicted molar refractivity (Wildman–Crippen MR) is 78.1 cm³/mol. The number of H-pyrrole nitrogens is 1. The van der Waals surface area contributed by atoms with Crippen molar-refractivity contribution >= 4 is 12.2 Å². The Morgan fingerprint density at radius 1 is 1.40 bits per heavy atom. The topological polar surface area (TPSA) is 64.3 Å². The third-order valence-electron chi connectivity index (χ3n) is 3.05. The Morgan fingerprint density at radius 2 is 2.25 bits per heavy atom. The molecule has 0 aromatic carbocycles. The molecule has 6 nitrogen and oxygen atoms in total. The van der Waals surface area contributed by atoms with E-state index in [4.69, 9.17) is 12.2 Å². The summed E-state index contributed by atoms with van der Waals surface area (Å²) in [5.41, 5.74) is 2.84. The quantitative estimate of drug-likeness (QED) is 0.750. The fourth-order valence-corrected chi connectivity index (χ4v) is 2.40. The molecule has 3 rings (SSSR count). The zero-order valence-corrected chi connectivity index (χ0v) is 12.1. The van der Waals surface area contributed by atoms with Gasteiger partial charge in [-0.3, -0.25) is 19.3 Å². The lowest BCUT2D eigenvalue weighted by Gasteiger charge is -2.05. The van der Waals surface area contributed by atoms with E-state index in [1.807, 2.05) is 29.9 Å². The van der Waals surface area contributed by atoms with Crippen LogP contribution in [-0.2, 0) is 13.5 Å². The van der Waals surface area contributed by atoms with Gasteiger partial charge in [0.2, 0.25) is 0 Å². The van der Waals surface area contributed by atoms with Gasteiger partial charge in [-0.15, -0.1) is 0 Å². The van der Waals surface area contributed by atoms with Crippen LogP contribution in [0.2, 0.25) is 0 Å². The highest BCUT2D eigenvalue weighted by molar-refractivity contribution is 7.71. The number of aromatic nitrogens is 6. The van der Waals surface area contributed by atoms with Crippen molar-refractivity contribution in [3.05, 3.63) is 41.2 Å². The number of hydrogen-bond acceptors (Lipinski definition) is 4. The third-order valence-corrected chi connectivity index (χ3v) is 3.32. The summed E-state index contributed by atoms with van der Waals surface area (Å²) in [6.45, 7) is 2.07. The lowest BCUT2D eigenvalue weighted by atomic mass is 10.2. The van der Waals surface area contributed by atoms with Crippen LogP contribution in [0.25, 0.3) is 17.1 Å². The molecule has 3 aromatic heterocycles. The van der Waals surface area contributed by atoms with Crippen LogP contribution in [-0.4, -0.2) is 29.5 Å². The van der Waals surface area contributed by atoms with Crippen LogP contribution in [0.3, 0.4) is 0 Å². The third kappa shape index (κ3) is 2.05. The molecule has 0 saturated carbocycles. The molecule has 0 amide bonds. The largest absolute Gasteiger partial charge is 0.273 e. The first kappa shape index (κ1) is 12.7. The maximum atomic E-state index is 5.36. The molecular weight excluding hydrogens is 272 g/mol. The van der Waals surface area contributed by atoms with Gasteiger partial charge in [-0.2, -0.15) is 10.2 Å². The number of nitrogens with zero attached hydrogens (tertiary/aromatic N) is 5. The zero-order valence-electron chi connectivity index (χ0n) is 11.2. The molecule has 0 atom stereocenters. The number of pyridine rings is 1. The minimum Gasteiger partial charge on any atom is -0.273 e. The molecule has 0 aliphatic rings. The summed E-state index contributed by atoms with van der Waals surface area (Å²) < 4.78 is 4.24. The van der Waals surface area contributed by atoms with Gasteiger partial charge in [0.1, 0.15) is 0 Å². The van der Waals surface area contributed by atoms with Gasteiger partial charge in [-0.25, -0.2) is 0 Å². The molecule has 20 heavy (non-hydrogen) atoms. The predicted octanol–water partition coefficient (Wildman–Crippen LogP) is 2.29. The molecule has 0 radical (unpaired) electrons. The second-order valence-electron chi connectivity index (χ2n) is 4.42. The van der Waals surface area contributed by atoms with Crippen molar-refractivity contribution in [3.63, 3.8) is 0 Å². The smallest absolute Gasteiger partial charge is 0.200 e. The number of aromatic amines is 1. The van der Waals surface area contributed by atoms with Gasteiger partial charge in [0.05, 0.1) is 11.4 Å². The van der Waals surface area contributed by atoms with Gasteiger partial charge in [0.15, 0.2) is 10.6 Å². The van der Waals surface area contributed by atoms with Gasteiger partial charge in [-0.1, -0.05) is 6.92 Å². The van der Waals surface area contributed by atoms with E-state index in [1.165, 1.54) is 0 Å². The van der Waals surface area contributed by atoms with Crippen LogP contribution in [0.1, 0.15) is 12.6 Å². The molecule has 0 aliphatic carbocycles. The minimum atomic E-state index is 0.548. The van der Waals surface area contributed by atoms with Gasteiger partial charge in [-0.05, 0) is 30.8 Å². The Hall–Kier alpha value is -2.28. The van der Waals surface area contributed by atoms with Crippen LogP contribution in [0, 0.1) is 4.77 Å². The minimum absolute atomic E-state index is 0.548. The number of hydrogen-bond donors (Lipinski definition) is 1. The number of nitrogens with one attached hydrogen (secondary N) is 1. The summed E-state index contributed by atoms with van der Waals surface area (Å²) in [4.78, 5) is 4.13. The molecule has 0 unspecified atom stereocenters. The van der Waals surface area contributed by atoms with Crippen LogP contribution < -0.4 is 0 Å². The van der Waals surface area contributed by atoms with E-state index in [2.05, 4.69) is 27.2 Å². The summed E-state index contributed by atoms with van der Waals surface area (Å²) in [5.74, 6) is 0.741. The van der Waals surface area contributed by atoms with Crippen molar-refractivity contribution in [1.82, 2.24) is 29.5 Å². The highest BCUT2D eigenvalue weighted by Crippen LogP contribution is 2.22. The van der Waals surface area contributed by atoms with Crippen LogP contribution >= 0.6 is 12.2 Å². The van der Waals surface area contributed by atoms with Crippen molar-refractivity contribution in [2.45, 2.75) is 13.3 Å². The molecule has 0 fully saturated rings. The average Bonchev–Trinajstić information content (AvgIpc) is 3.02. The van der Waals surface area contributed by atoms with Crippen LogP contribution in [0.4, 0.5) is 0 Å². The first-order valence-electron chi connectivity index (χ1n) is 6.31. The molecule has 7 heteroatoms. The zero-order chi connectivity index (χ0) is 14.1. The van der Waals surface area contributed by atoms with Crippen molar-refractivity contribution in [1.29, 1.82) is 0 Å². The van der Waals surface area contributed by atoms with Crippen LogP contribution in [0.15, 0.2) is 30.7 Å². The Balaban J connectivity index is 2.24. The highest BCUT2D eigenvalue weighted by Gasteiger charge is 2.15. The molecule has 3 aromatic rings. The van der Waals surface area contributed by atoms with Crippen molar-refractivity contribution in [2.75, 3.05) is 0 Å². The molecule has 0 saturated heterocycles. The lowest BCUT2D eigenvalue weighted by Crippen LogP contribution is -2.00. The summed E-state index contributed by atoms with van der Waals surface area (Å²) in [7, 11) is 1.90. The monoisotopic (exact) mass is 286 g/mol. The molecule has 0 aliphatic heterocycles. The summed E-state index contributed by atoms with van der Waals surface area (Å²) in [5, 5.41) is 11.6. The summed E-state index contributed by atoms with van der Waals surface area (Å²) in [6.07, 6.45) is 6.28. The van der Waals surface area contributed by atoms with E-state index in [9.17, 15) is 0 Å². The lowest BCUT2D eigenvalue weighted by molar-refractivity contribution is 0.746. The fraction of sp³-hybridized carbons (Fsp3) is 0.231. The van der Waals surface area contributed by atoms with E-state index in [1.54, 1.807) is 17.1 Å². The van der Waals surface area contributed by atoms with Crippen molar-refractivity contribution in [2.24, 2.45) is 7.05 Å².